The number of carboxylic acid groups (broad SMARTS) is 3. The van der Waals surface area contributed by atoms with E-state index in [9.17, 15) is 39.0 Å². The average molecular weight is 632 g/mol. The number of aliphatic carboxylic acids is 3. The van der Waals surface area contributed by atoms with Gasteiger partial charge in [0, 0.05) is 24.1 Å². The Bertz CT molecular complexity index is 1780. The first-order valence-corrected chi connectivity index (χ1v) is 14.5. The molecule has 3 atom stereocenters. The molecule has 0 saturated heterocycles. The molecule has 0 bridgehead atoms. The Morgan fingerprint density at radius 3 is 2.30 bits per heavy atom. The van der Waals surface area contributed by atoms with Gasteiger partial charge in [0.2, 0.25) is 5.91 Å². The Hall–Kier alpha value is -5.71. The van der Waals surface area contributed by atoms with E-state index in [1.807, 2.05) is 17.0 Å². The number of carboxylic acids is 3. The summed E-state index contributed by atoms with van der Waals surface area (Å²) in [5.41, 5.74) is 3.30. The highest BCUT2D eigenvalue weighted by atomic mass is 16.4. The third-order valence-electron chi connectivity index (χ3n) is 7.77. The first-order chi connectivity index (χ1) is 21.9. The molecule has 1 aromatic heterocycles. The van der Waals surface area contributed by atoms with E-state index in [4.69, 9.17) is 11.5 Å². The second kappa shape index (κ2) is 14.4. The van der Waals surface area contributed by atoms with Crippen LogP contribution in [0.3, 0.4) is 0 Å². The minimum absolute atomic E-state index is 0.136. The van der Waals surface area contributed by atoms with Gasteiger partial charge in [-0.3, -0.25) is 19.2 Å². The van der Waals surface area contributed by atoms with Gasteiger partial charge in [-0.1, -0.05) is 5.92 Å². The fourth-order valence-electron chi connectivity index (χ4n) is 5.51. The van der Waals surface area contributed by atoms with Gasteiger partial charge >= 0.3 is 17.9 Å². The molecule has 1 heterocycles. The summed E-state index contributed by atoms with van der Waals surface area (Å²) in [4.78, 5) is 80.8. The van der Waals surface area contributed by atoms with Gasteiger partial charge in [0.1, 0.15) is 17.9 Å². The average Bonchev–Trinajstić information content (AvgIpc) is 3.41. The zero-order valence-electron chi connectivity index (χ0n) is 24.9. The summed E-state index contributed by atoms with van der Waals surface area (Å²) >= 11 is 0. The van der Waals surface area contributed by atoms with Crippen molar-refractivity contribution >= 4 is 46.3 Å². The first-order valence-electron chi connectivity index (χ1n) is 14.5. The highest BCUT2D eigenvalue weighted by molar-refractivity contribution is 5.97. The summed E-state index contributed by atoms with van der Waals surface area (Å²) in [6.07, 6.45) is 5.64. The maximum absolute atomic E-state index is 12.9. The lowest BCUT2D eigenvalue weighted by atomic mass is 10.0. The van der Waals surface area contributed by atoms with Gasteiger partial charge < -0.3 is 35.8 Å². The number of H-pyrrole nitrogens is 1. The Balaban J connectivity index is 1.43. The van der Waals surface area contributed by atoms with E-state index >= 15 is 0 Å². The summed E-state index contributed by atoms with van der Waals surface area (Å²) in [7, 11) is 0. The Morgan fingerprint density at radius 1 is 1.02 bits per heavy atom. The molecule has 2 amide bonds. The number of anilines is 1. The number of fused-ring (bicyclic) bond motifs is 2. The zero-order chi connectivity index (χ0) is 33.5. The van der Waals surface area contributed by atoms with Gasteiger partial charge in [0.15, 0.2) is 0 Å². The van der Waals surface area contributed by atoms with Gasteiger partial charge in [-0.2, -0.15) is 0 Å². The van der Waals surface area contributed by atoms with Crippen molar-refractivity contribution < 1.29 is 39.3 Å². The molecule has 2 aromatic carbocycles. The van der Waals surface area contributed by atoms with Gasteiger partial charge in [0.25, 0.3) is 11.5 Å². The number of rotatable bonds is 14. The fourth-order valence-corrected chi connectivity index (χ4v) is 5.51. The zero-order valence-corrected chi connectivity index (χ0v) is 24.9. The van der Waals surface area contributed by atoms with E-state index < -0.39 is 54.6 Å². The Labute approximate surface area is 262 Å². The second-order valence-electron chi connectivity index (χ2n) is 10.9. The number of aryl methyl sites for hydroxylation is 2. The van der Waals surface area contributed by atoms with Crippen LogP contribution in [0, 0.1) is 19.3 Å². The van der Waals surface area contributed by atoms with Gasteiger partial charge in [-0.05, 0) is 80.1 Å². The van der Waals surface area contributed by atoms with E-state index in [1.165, 1.54) is 12.1 Å². The summed E-state index contributed by atoms with van der Waals surface area (Å²) in [5.74, 6) is -2.34. The highest BCUT2D eigenvalue weighted by Gasteiger charge is 2.30. The Morgan fingerprint density at radius 2 is 1.67 bits per heavy atom. The molecule has 1 aliphatic carbocycles. The highest BCUT2D eigenvalue weighted by Crippen LogP contribution is 2.39. The van der Waals surface area contributed by atoms with Crippen molar-refractivity contribution in [1.29, 1.82) is 0 Å². The SMILES string of the molecule is C#CCN(c1ccc(C(=O)N[C@@H](CCC(=O)N[C@H](CCC(=O)O)C(=O)O)C(=O)O)cc1)[C@@H]1CCc2cc3nc(C)[nH]c(=O)c3cc21. The maximum atomic E-state index is 12.9. The van der Waals surface area contributed by atoms with Gasteiger partial charge in [-0.25, -0.2) is 14.6 Å². The molecular formula is C32H33N5O9. The quantitative estimate of drug-likeness (QED) is 0.141. The van der Waals surface area contributed by atoms with Gasteiger partial charge in [-0.15, -0.1) is 6.42 Å². The van der Waals surface area contributed by atoms with Crippen LogP contribution in [-0.2, 0) is 25.6 Å². The van der Waals surface area contributed by atoms with Crippen molar-refractivity contribution in [1.82, 2.24) is 20.6 Å². The molecule has 0 unspecified atom stereocenters. The molecule has 14 nitrogen and oxygen atoms in total. The number of benzene rings is 2. The maximum Gasteiger partial charge on any atom is 0.326 e. The normalized spacial score (nSPS) is 14.8. The minimum atomic E-state index is -1.45. The number of hydrogen-bond donors (Lipinski definition) is 6. The van der Waals surface area contributed by atoms with Gasteiger partial charge in [0.05, 0.1) is 23.5 Å². The number of aromatic nitrogens is 2. The number of carbonyl (C=O) groups excluding carboxylic acids is 2. The molecule has 0 spiro atoms. The monoisotopic (exact) mass is 631 g/mol. The summed E-state index contributed by atoms with van der Waals surface area (Å²) in [6, 6.07) is 7.16. The molecule has 0 radical (unpaired) electrons. The number of hydrogen-bond acceptors (Lipinski definition) is 8. The Kier molecular flexibility index (Phi) is 10.4. The lowest BCUT2D eigenvalue weighted by molar-refractivity contribution is -0.143. The van der Waals surface area contributed by atoms with Crippen molar-refractivity contribution in [2.24, 2.45) is 0 Å². The van der Waals surface area contributed by atoms with E-state index in [-0.39, 0.29) is 36.6 Å². The van der Waals surface area contributed by atoms with Crippen LogP contribution in [0.25, 0.3) is 10.9 Å². The van der Waals surface area contributed by atoms with Crippen LogP contribution in [0.1, 0.15) is 65.5 Å². The minimum Gasteiger partial charge on any atom is -0.481 e. The fraction of sp³-hybridized carbons (Fsp3) is 0.344. The van der Waals surface area contributed by atoms with Crippen LogP contribution >= 0.6 is 0 Å². The van der Waals surface area contributed by atoms with E-state index in [1.54, 1.807) is 19.1 Å². The summed E-state index contributed by atoms with van der Waals surface area (Å²) in [6.45, 7) is 1.97. The molecule has 1 aliphatic rings. The third kappa shape index (κ3) is 7.86. The molecule has 0 aliphatic heterocycles. The van der Waals surface area contributed by atoms with Crippen molar-refractivity contribution in [3.05, 3.63) is 69.3 Å². The van der Waals surface area contributed by atoms with E-state index in [0.717, 1.165) is 24.0 Å². The van der Waals surface area contributed by atoms with Crippen LogP contribution in [0.15, 0.2) is 41.2 Å². The van der Waals surface area contributed by atoms with Crippen LogP contribution in [0.4, 0.5) is 5.69 Å². The standard InChI is InChI=1S/C32H33N5O9/c1-3-14-37(26-11-6-19-15-25-22(16-21(19)26)30(42)34-17(2)33-25)20-7-4-18(5-8-20)29(41)36-24(32(45)46)9-12-27(38)35-23(31(43)44)10-13-28(39)40/h1,4-5,7-8,15-16,23-24,26H,6,9-14H2,2H3,(H,35,38)(H,36,41)(H,39,40)(H,43,44)(H,45,46)(H,33,34,42)/t23-,24+,26-/m1/s1. The number of amides is 2. The lowest BCUT2D eigenvalue weighted by Crippen LogP contribution is -2.44. The van der Waals surface area contributed by atoms with Crippen LogP contribution in [0.2, 0.25) is 0 Å². The van der Waals surface area contributed by atoms with E-state index in [2.05, 4.69) is 26.5 Å². The molecule has 46 heavy (non-hydrogen) atoms. The first kappa shape index (κ1) is 33.2. The smallest absolute Gasteiger partial charge is 0.326 e. The number of carbonyl (C=O) groups is 5. The number of nitrogens with one attached hydrogen (secondary N) is 3. The molecule has 3 aromatic rings. The molecular weight excluding hydrogens is 598 g/mol. The number of nitrogens with zero attached hydrogens (tertiary/aromatic N) is 2. The van der Waals surface area contributed by atoms with Crippen molar-refractivity contribution in [2.75, 3.05) is 11.4 Å². The van der Waals surface area contributed by atoms with E-state index in [0.29, 0.717) is 22.4 Å². The molecule has 4 rings (SSSR count). The summed E-state index contributed by atoms with van der Waals surface area (Å²) < 4.78 is 0. The van der Waals surface area contributed by atoms with Crippen molar-refractivity contribution in [3.63, 3.8) is 0 Å². The predicted octanol–water partition coefficient (Wildman–Crippen LogP) is 1.76. The van der Waals surface area contributed by atoms with Crippen LogP contribution in [0.5, 0.6) is 0 Å². The molecule has 0 fully saturated rings. The molecule has 240 valence electrons. The molecule has 6 N–H and O–H groups in total. The van der Waals surface area contributed by atoms with Crippen LogP contribution in [-0.4, -0.2) is 73.6 Å². The summed E-state index contributed by atoms with van der Waals surface area (Å²) in [5, 5.41) is 32.6. The third-order valence-corrected chi connectivity index (χ3v) is 7.77. The largest absolute Gasteiger partial charge is 0.481 e. The topological polar surface area (TPSA) is 219 Å². The molecule has 14 heteroatoms. The number of terminal acetylenes is 1. The lowest BCUT2D eigenvalue weighted by Gasteiger charge is -2.30. The molecule has 0 saturated carbocycles. The van der Waals surface area contributed by atoms with Crippen molar-refractivity contribution in [2.45, 2.75) is 63.6 Å². The van der Waals surface area contributed by atoms with Crippen LogP contribution < -0.4 is 21.1 Å². The number of aromatic amines is 1. The predicted molar refractivity (Wildman–Crippen MR) is 165 cm³/mol. The van der Waals surface area contributed by atoms with Crippen molar-refractivity contribution in [3.8, 4) is 12.3 Å². The second-order valence-corrected chi connectivity index (χ2v) is 10.9.